The lowest BCUT2D eigenvalue weighted by molar-refractivity contribution is -0.138. The van der Waals surface area contributed by atoms with Crippen LogP contribution in [0.15, 0.2) is 0 Å². The lowest BCUT2D eigenvalue weighted by atomic mass is 9.94. The molecule has 0 rings (SSSR count). The largest absolute Gasteiger partial charge is 0.481 e. The zero-order valence-corrected chi connectivity index (χ0v) is 12.5. The molecular weight excluding hydrogens is 254 g/mol. The van der Waals surface area contributed by atoms with Crippen molar-refractivity contribution in [2.24, 2.45) is 17.8 Å². The highest BCUT2D eigenvalue weighted by atomic mass is 32.2. The summed E-state index contributed by atoms with van der Waals surface area (Å²) in [6.07, 6.45) is 0.707. The van der Waals surface area contributed by atoms with Gasteiger partial charge in [0.1, 0.15) is 0 Å². The first kappa shape index (κ1) is 17.4. The molecule has 0 aliphatic carbocycles. The second-order valence-electron chi connectivity index (χ2n) is 5.62. The zero-order chi connectivity index (χ0) is 14.3. The van der Waals surface area contributed by atoms with Crippen molar-refractivity contribution in [3.8, 4) is 0 Å². The molecule has 0 spiro atoms. The number of aliphatic carboxylic acids is 1. The minimum absolute atomic E-state index is 0.00236. The number of carbonyl (C=O) groups is 1. The van der Waals surface area contributed by atoms with Gasteiger partial charge in [-0.2, -0.15) is 0 Å². The molecule has 0 saturated heterocycles. The van der Waals surface area contributed by atoms with Gasteiger partial charge in [-0.3, -0.25) is 4.79 Å². The van der Waals surface area contributed by atoms with Crippen LogP contribution in [0, 0.1) is 17.8 Å². The van der Waals surface area contributed by atoms with E-state index in [1.165, 1.54) is 0 Å². The Kier molecular flexibility index (Phi) is 7.47. The predicted octanol–water partition coefficient (Wildman–Crippen LogP) is 1.70. The van der Waals surface area contributed by atoms with E-state index in [4.69, 9.17) is 5.11 Å². The standard InChI is InChI=1S/C12H25NO4S/c1-9(2)5-11(6-12(14)15)7-13-18(16,17)8-10(3)4/h9-11,13H,5-8H2,1-4H3,(H,14,15). The SMILES string of the molecule is CC(C)CC(CNS(=O)(=O)CC(C)C)CC(=O)O. The monoisotopic (exact) mass is 279 g/mol. The summed E-state index contributed by atoms with van der Waals surface area (Å²) in [6, 6.07) is 0. The van der Waals surface area contributed by atoms with E-state index in [9.17, 15) is 13.2 Å². The van der Waals surface area contributed by atoms with Crippen molar-refractivity contribution < 1.29 is 18.3 Å². The molecule has 0 fully saturated rings. The number of nitrogens with one attached hydrogen (secondary N) is 1. The molecular formula is C12H25NO4S. The number of carboxylic acids is 1. The Labute approximate surface area is 110 Å². The molecule has 18 heavy (non-hydrogen) atoms. The van der Waals surface area contributed by atoms with E-state index in [1.807, 2.05) is 27.7 Å². The second kappa shape index (κ2) is 7.74. The highest BCUT2D eigenvalue weighted by molar-refractivity contribution is 7.89. The fourth-order valence-corrected chi connectivity index (χ4v) is 3.38. The summed E-state index contributed by atoms with van der Waals surface area (Å²) in [5.41, 5.74) is 0. The third-order valence-corrected chi connectivity index (χ3v) is 4.12. The third kappa shape index (κ3) is 9.41. The molecule has 0 aliphatic heterocycles. The second-order valence-corrected chi connectivity index (χ2v) is 7.47. The summed E-state index contributed by atoms with van der Waals surface area (Å²) in [4.78, 5) is 10.7. The Morgan fingerprint density at radius 2 is 1.72 bits per heavy atom. The molecule has 5 nitrogen and oxygen atoms in total. The first-order valence-corrected chi connectivity index (χ1v) is 7.96. The Morgan fingerprint density at radius 1 is 1.17 bits per heavy atom. The van der Waals surface area contributed by atoms with Gasteiger partial charge < -0.3 is 5.11 Å². The lowest BCUT2D eigenvalue weighted by Crippen LogP contribution is -2.34. The lowest BCUT2D eigenvalue weighted by Gasteiger charge is -2.18. The zero-order valence-electron chi connectivity index (χ0n) is 11.6. The van der Waals surface area contributed by atoms with E-state index in [-0.39, 0.29) is 30.6 Å². The maximum Gasteiger partial charge on any atom is 0.303 e. The summed E-state index contributed by atoms with van der Waals surface area (Å²) in [5.74, 6) is -0.545. The molecule has 0 bridgehead atoms. The van der Waals surface area contributed by atoms with Crippen LogP contribution in [0.2, 0.25) is 0 Å². The van der Waals surface area contributed by atoms with Crippen molar-refractivity contribution in [3.63, 3.8) is 0 Å². The maximum absolute atomic E-state index is 11.7. The summed E-state index contributed by atoms with van der Waals surface area (Å²) < 4.78 is 25.8. The van der Waals surface area contributed by atoms with Gasteiger partial charge in [-0.05, 0) is 24.2 Å². The fraction of sp³-hybridized carbons (Fsp3) is 0.917. The van der Waals surface area contributed by atoms with E-state index < -0.39 is 16.0 Å². The third-order valence-electron chi connectivity index (χ3n) is 2.41. The van der Waals surface area contributed by atoms with Crippen molar-refractivity contribution in [2.75, 3.05) is 12.3 Å². The van der Waals surface area contributed by atoms with Gasteiger partial charge in [0.2, 0.25) is 10.0 Å². The van der Waals surface area contributed by atoms with Crippen LogP contribution in [0.3, 0.4) is 0 Å². The molecule has 0 radical (unpaired) electrons. The van der Waals surface area contributed by atoms with Crippen molar-refractivity contribution in [2.45, 2.75) is 40.5 Å². The van der Waals surface area contributed by atoms with Gasteiger partial charge in [0.05, 0.1) is 5.75 Å². The Balaban J connectivity index is 4.37. The van der Waals surface area contributed by atoms with E-state index >= 15 is 0 Å². The molecule has 0 amide bonds. The number of carboxylic acid groups (broad SMARTS) is 1. The topological polar surface area (TPSA) is 83.5 Å². The summed E-state index contributed by atoms with van der Waals surface area (Å²) in [7, 11) is -3.29. The van der Waals surface area contributed by atoms with Gasteiger partial charge in [0.25, 0.3) is 0 Å². The maximum atomic E-state index is 11.7. The highest BCUT2D eigenvalue weighted by Crippen LogP contribution is 2.15. The quantitative estimate of drug-likeness (QED) is 0.673. The number of rotatable bonds is 9. The molecule has 108 valence electrons. The van der Waals surface area contributed by atoms with Crippen LogP contribution in [0.4, 0.5) is 0 Å². The van der Waals surface area contributed by atoms with Crippen molar-refractivity contribution >= 4 is 16.0 Å². The first-order valence-electron chi connectivity index (χ1n) is 6.31. The summed E-state index contributed by atoms with van der Waals surface area (Å²) >= 11 is 0. The molecule has 0 heterocycles. The van der Waals surface area contributed by atoms with Gasteiger partial charge in [-0.25, -0.2) is 13.1 Å². The normalized spacial score (nSPS) is 14.1. The number of sulfonamides is 1. The van der Waals surface area contributed by atoms with E-state index in [2.05, 4.69) is 4.72 Å². The van der Waals surface area contributed by atoms with Gasteiger partial charge in [-0.15, -0.1) is 0 Å². The Bertz CT molecular complexity index is 349. The van der Waals surface area contributed by atoms with Crippen LogP contribution >= 0.6 is 0 Å². The smallest absolute Gasteiger partial charge is 0.303 e. The van der Waals surface area contributed by atoms with Gasteiger partial charge in [-0.1, -0.05) is 27.7 Å². The molecule has 1 unspecified atom stereocenters. The van der Waals surface area contributed by atoms with Gasteiger partial charge in [0.15, 0.2) is 0 Å². The van der Waals surface area contributed by atoms with E-state index in [0.717, 1.165) is 0 Å². The molecule has 0 saturated carbocycles. The summed E-state index contributed by atoms with van der Waals surface area (Å²) in [6.45, 7) is 7.87. The molecule has 0 aromatic heterocycles. The minimum atomic E-state index is -3.29. The van der Waals surface area contributed by atoms with E-state index in [0.29, 0.717) is 12.3 Å². The van der Waals surface area contributed by atoms with Crippen molar-refractivity contribution in [1.82, 2.24) is 4.72 Å². The number of hydrogen-bond acceptors (Lipinski definition) is 3. The van der Waals surface area contributed by atoms with Crippen LogP contribution in [-0.2, 0) is 14.8 Å². The van der Waals surface area contributed by atoms with Crippen molar-refractivity contribution in [3.05, 3.63) is 0 Å². The van der Waals surface area contributed by atoms with E-state index in [1.54, 1.807) is 0 Å². The highest BCUT2D eigenvalue weighted by Gasteiger charge is 2.19. The predicted molar refractivity (Wildman–Crippen MR) is 71.8 cm³/mol. The fourth-order valence-electron chi connectivity index (χ4n) is 1.90. The van der Waals surface area contributed by atoms with Crippen LogP contribution in [-0.4, -0.2) is 31.8 Å². The molecule has 0 aromatic carbocycles. The van der Waals surface area contributed by atoms with Gasteiger partial charge in [0, 0.05) is 13.0 Å². The molecule has 0 aliphatic rings. The Morgan fingerprint density at radius 3 is 2.11 bits per heavy atom. The van der Waals surface area contributed by atoms with Crippen molar-refractivity contribution in [1.29, 1.82) is 0 Å². The summed E-state index contributed by atoms with van der Waals surface area (Å²) in [5, 5.41) is 8.79. The molecule has 6 heteroatoms. The molecule has 2 N–H and O–H groups in total. The number of hydrogen-bond donors (Lipinski definition) is 2. The van der Waals surface area contributed by atoms with Crippen LogP contribution < -0.4 is 4.72 Å². The molecule has 1 atom stereocenters. The first-order chi connectivity index (χ1) is 8.12. The van der Waals surface area contributed by atoms with Crippen LogP contribution in [0.5, 0.6) is 0 Å². The van der Waals surface area contributed by atoms with Crippen LogP contribution in [0.25, 0.3) is 0 Å². The minimum Gasteiger partial charge on any atom is -0.481 e. The van der Waals surface area contributed by atoms with Crippen LogP contribution in [0.1, 0.15) is 40.5 Å². The average Bonchev–Trinajstić information content (AvgIpc) is 2.10. The van der Waals surface area contributed by atoms with Gasteiger partial charge >= 0.3 is 5.97 Å². The Hall–Kier alpha value is -0.620. The molecule has 0 aromatic rings. The average molecular weight is 279 g/mol.